The number of amides is 1. The first-order chi connectivity index (χ1) is 8.52. The Morgan fingerprint density at radius 3 is 2.67 bits per heavy atom. The maximum atomic E-state index is 11.2. The van der Waals surface area contributed by atoms with Gasteiger partial charge in [0.25, 0.3) is 0 Å². The van der Waals surface area contributed by atoms with Gasteiger partial charge in [-0.15, -0.1) is 0 Å². The Hall–Kier alpha value is -1.55. The van der Waals surface area contributed by atoms with E-state index in [1.165, 1.54) is 6.92 Å². The van der Waals surface area contributed by atoms with Crippen molar-refractivity contribution in [1.29, 1.82) is 0 Å². The van der Waals surface area contributed by atoms with Crippen molar-refractivity contribution in [1.82, 2.24) is 5.32 Å². The van der Waals surface area contributed by atoms with E-state index < -0.39 is 0 Å². The first kappa shape index (κ1) is 14.5. The zero-order valence-corrected chi connectivity index (χ0v) is 11.5. The second kappa shape index (κ2) is 7.01. The van der Waals surface area contributed by atoms with E-state index in [1.54, 1.807) is 0 Å². The number of carbonyl (C=O) groups excluding carboxylic acids is 1. The highest BCUT2D eigenvalue weighted by Crippen LogP contribution is 2.26. The standard InChI is InChI=1S/C14H22N2O2/c1-5-18-14-7-6-12(9-15-10(2)3)8-13(14)16-11(4)17/h6-8,10,15H,5,9H2,1-4H3,(H,16,17). The molecule has 100 valence electrons. The molecule has 0 heterocycles. The molecule has 1 rings (SSSR count). The molecule has 0 saturated carbocycles. The average molecular weight is 250 g/mol. The van der Waals surface area contributed by atoms with Crippen molar-refractivity contribution in [2.24, 2.45) is 0 Å². The lowest BCUT2D eigenvalue weighted by Crippen LogP contribution is -2.22. The van der Waals surface area contributed by atoms with Crippen LogP contribution in [0, 0.1) is 0 Å². The smallest absolute Gasteiger partial charge is 0.221 e. The lowest BCUT2D eigenvalue weighted by atomic mass is 10.1. The molecule has 0 saturated heterocycles. The molecule has 1 amide bonds. The molecule has 0 aromatic heterocycles. The van der Waals surface area contributed by atoms with Crippen LogP contribution in [0.3, 0.4) is 0 Å². The highest BCUT2D eigenvalue weighted by Gasteiger charge is 2.06. The van der Waals surface area contributed by atoms with Crippen LogP contribution in [0.2, 0.25) is 0 Å². The van der Waals surface area contributed by atoms with E-state index in [0.29, 0.717) is 18.4 Å². The molecule has 18 heavy (non-hydrogen) atoms. The normalized spacial score (nSPS) is 10.5. The van der Waals surface area contributed by atoms with Gasteiger partial charge in [0.1, 0.15) is 5.75 Å². The molecule has 1 aromatic rings. The van der Waals surface area contributed by atoms with Gasteiger partial charge < -0.3 is 15.4 Å². The lowest BCUT2D eigenvalue weighted by molar-refractivity contribution is -0.114. The highest BCUT2D eigenvalue weighted by atomic mass is 16.5. The number of anilines is 1. The third kappa shape index (κ3) is 4.75. The summed E-state index contributed by atoms with van der Waals surface area (Å²) in [6, 6.07) is 6.28. The van der Waals surface area contributed by atoms with Crippen molar-refractivity contribution in [3.05, 3.63) is 23.8 Å². The minimum Gasteiger partial charge on any atom is -0.492 e. The van der Waals surface area contributed by atoms with Crippen molar-refractivity contribution < 1.29 is 9.53 Å². The maximum absolute atomic E-state index is 11.2. The van der Waals surface area contributed by atoms with Gasteiger partial charge in [0.15, 0.2) is 0 Å². The zero-order valence-electron chi connectivity index (χ0n) is 11.5. The minimum atomic E-state index is -0.0927. The number of hydrogen-bond acceptors (Lipinski definition) is 3. The summed E-state index contributed by atoms with van der Waals surface area (Å²) in [5.41, 5.74) is 1.85. The maximum Gasteiger partial charge on any atom is 0.221 e. The van der Waals surface area contributed by atoms with Gasteiger partial charge in [-0.2, -0.15) is 0 Å². The van der Waals surface area contributed by atoms with Crippen LogP contribution in [0.25, 0.3) is 0 Å². The predicted octanol–water partition coefficient (Wildman–Crippen LogP) is 2.54. The van der Waals surface area contributed by atoms with Crippen LogP contribution in [0.1, 0.15) is 33.3 Å². The van der Waals surface area contributed by atoms with Gasteiger partial charge in [-0.05, 0) is 24.6 Å². The molecule has 4 heteroatoms. The number of rotatable bonds is 6. The van der Waals surface area contributed by atoms with Gasteiger partial charge in [-0.25, -0.2) is 0 Å². The summed E-state index contributed by atoms with van der Waals surface area (Å²) in [6.07, 6.45) is 0. The van der Waals surface area contributed by atoms with Gasteiger partial charge >= 0.3 is 0 Å². The summed E-state index contributed by atoms with van der Waals surface area (Å²) >= 11 is 0. The molecule has 0 atom stereocenters. The molecular weight excluding hydrogens is 228 g/mol. The van der Waals surface area contributed by atoms with Crippen LogP contribution >= 0.6 is 0 Å². The minimum absolute atomic E-state index is 0.0927. The Kier molecular flexibility index (Phi) is 5.65. The summed E-state index contributed by atoms with van der Waals surface area (Å²) in [4.78, 5) is 11.2. The fourth-order valence-corrected chi connectivity index (χ4v) is 1.58. The summed E-state index contributed by atoms with van der Waals surface area (Å²) < 4.78 is 5.48. The Balaban J connectivity index is 2.86. The number of nitrogens with one attached hydrogen (secondary N) is 2. The van der Waals surface area contributed by atoms with Gasteiger partial charge in [0.05, 0.1) is 12.3 Å². The average Bonchev–Trinajstić information content (AvgIpc) is 2.29. The van der Waals surface area contributed by atoms with Crippen molar-refractivity contribution in [3.8, 4) is 5.75 Å². The van der Waals surface area contributed by atoms with E-state index in [-0.39, 0.29) is 5.91 Å². The summed E-state index contributed by atoms with van der Waals surface area (Å²) in [6.45, 7) is 8.97. The number of benzene rings is 1. The van der Waals surface area contributed by atoms with Crippen LogP contribution in [0.5, 0.6) is 5.75 Å². The van der Waals surface area contributed by atoms with Gasteiger partial charge in [-0.3, -0.25) is 4.79 Å². The third-order valence-corrected chi connectivity index (χ3v) is 2.37. The van der Waals surface area contributed by atoms with Gasteiger partial charge in [0, 0.05) is 19.5 Å². The van der Waals surface area contributed by atoms with Crippen LogP contribution in [0.15, 0.2) is 18.2 Å². The summed E-state index contributed by atoms with van der Waals surface area (Å²) in [5.74, 6) is 0.617. The van der Waals surface area contributed by atoms with Crippen molar-refractivity contribution in [2.75, 3.05) is 11.9 Å². The molecule has 0 aliphatic rings. The number of ether oxygens (including phenoxy) is 1. The van der Waals surface area contributed by atoms with Crippen LogP contribution in [0.4, 0.5) is 5.69 Å². The molecule has 0 unspecified atom stereocenters. The number of hydrogen-bond donors (Lipinski definition) is 2. The third-order valence-electron chi connectivity index (χ3n) is 2.37. The molecule has 2 N–H and O–H groups in total. The first-order valence-electron chi connectivity index (χ1n) is 6.29. The molecule has 0 radical (unpaired) electrons. The van der Waals surface area contributed by atoms with E-state index in [4.69, 9.17) is 4.74 Å². The molecule has 4 nitrogen and oxygen atoms in total. The van der Waals surface area contributed by atoms with Crippen molar-refractivity contribution in [2.45, 2.75) is 40.3 Å². The SMILES string of the molecule is CCOc1ccc(CNC(C)C)cc1NC(C)=O. The Morgan fingerprint density at radius 1 is 1.39 bits per heavy atom. The molecule has 0 fully saturated rings. The topological polar surface area (TPSA) is 50.4 Å². The van der Waals surface area contributed by atoms with E-state index in [2.05, 4.69) is 24.5 Å². The molecule has 0 aliphatic carbocycles. The van der Waals surface area contributed by atoms with Crippen LogP contribution in [-0.4, -0.2) is 18.6 Å². The zero-order chi connectivity index (χ0) is 13.5. The van der Waals surface area contributed by atoms with E-state index in [9.17, 15) is 4.79 Å². The largest absolute Gasteiger partial charge is 0.492 e. The first-order valence-corrected chi connectivity index (χ1v) is 6.29. The van der Waals surface area contributed by atoms with Crippen molar-refractivity contribution >= 4 is 11.6 Å². The van der Waals surface area contributed by atoms with E-state index >= 15 is 0 Å². The second-order valence-corrected chi connectivity index (χ2v) is 4.48. The fourth-order valence-electron chi connectivity index (χ4n) is 1.58. The Labute approximate surface area is 109 Å². The molecule has 1 aromatic carbocycles. The lowest BCUT2D eigenvalue weighted by Gasteiger charge is -2.13. The summed E-state index contributed by atoms with van der Waals surface area (Å²) in [5, 5.41) is 6.13. The Bertz CT molecular complexity index is 403. The second-order valence-electron chi connectivity index (χ2n) is 4.48. The monoisotopic (exact) mass is 250 g/mol. The molecular formula is C14H22N2O2. The van der Waals surface area contributed by atoms with E-state index in [0.717, 1.165) is 17.8 Å². The van der Waals surface area contributed by atoms with E-state index in [1.807, 2.05) is 25.1 Å². The van der Waals surface area contributed by atoms with Gasteiger partial charge in [-0.1, -0.05) is 19.9 Å². The van der Waals surface area contributed by atoms with Crippen LogP contribution in [-0.2, 0) is 11.3 Å². The van der Waals surface area contributed by atoms with Gasteiger partial charge in [0.2, 0.25) is 5.91 Å². The fraction of sp³-hybridized carbons (Fsp3) is 0.500. The molecule has 0 spiro atoms. The highest BCUT2D eigenvalue weighted by molar-refractivity contribution is 5.90. The molecule has 0 bridgehead atoms. The predicted molar refractivity (Wildman–Crippen MR) is 73.9 cm³/mol. The van der Waals surface area contributed by atoms with Crippen molar-refractivity contribution in [3.63, 3.8) is 0 Å². The molecule has 0 aliphatic heterocycles. The quantitative estimate of drug-likeness (QED) is 0.815. The Morgan fingerprint density at radius 2 is 2.11 bits per heavy atom. The van der Waals surface area contributed by atoms with Crippen LogP contribution < -0.4 is 15.4 Å². The number of carbonyl (C=O) groups is 1. The summed E-state index contributed by atoms with van der Waals surface area (Å²) in [7, 11) is 0.